The number of benzene rings is 2. The predicted octanol–water partition coefficient (Wildman–Crippen LogP) is 7.12. The molecule has 0 amide bonds. The van der Waals surface area contributed by atoms with Crippen molar-refractivity contribution in [3.8, 4) is 0 Å². The van der Waals surface area contributed by atoms with Crippen LogP contribution in [0.25, 0.3) is 0 Å². The first-order chi connectivity index (χ1) is 13.7. The van der Waals surface area contributed by atoms with E-state index in [1.165, 1.54) is 72.9 Å². The minimum Gasteiger partial charge on any atom is -0.126 e. The molecule has 1 aliphatic rings. The molecular formula is C28H40N2+2. The molecule has 1 aliphatic heterocycles. The summed E-state index contributed by atoms with van der Waals surface area (Å²) in [7, 11) is 0. The molecule has 0 radical (unpaired) electrons. The Morgan fingerprint density at radius 2 is 0.833 bits per heavy atom. The Balaban J connectivity index is 2.37. The highest BCUT2D eigenvalue weighted by Crippen LogP contribution is 2.41. The summed E-state index contributed by atoms with van der Waals surface area (Å²) in [6, 6.07) is 2.34. The maximum absolute atomic E-state index is 2.58. The summed E-state index contributed by atoms with van der Waals surface area (Å²) < 4.78 is 5.16. The maximum atomic E-state index is 2.58. The van der Waals surface area contributed by atoms with Crippen molar-refractivity contribution in [3.05, 3.63) is 56.1 Å². The van der Waals surface area contributed by atoms with Gasteiger partial charge in [-0.15, -0.1) is 9.15 Å². The van der Waals surface area contributed by atoms with Gasteiger partial charge in [0.2, 0.25) is 11.4 Å². The predicted molar refractivity (Wildman–Crippen MR) is 131 cm³/mol. The third-order valence-electron chi connectivity index (χ3n) is 8.01. The molecule has 0 atom stereocenters. The Morgan fingerprint density at radius 1 is 0.467 bits per heavy atom. The lowest BCUT2D eigenvalue weighted by atomic mass is 9.91. The molecule has 0 saturated heterocycles. The smallest absolute Gasteiger partial charge is 0.126 e. The minimum absolute atomic E-state index is 0.199. The summed E-state index contributed by atoms with van der Waals surface area (Å²) in [5, 5.41) is 0. The van der Waals surface area contributed by atoms with Crippen LogP contribution in [-0.2, 0) is 0 Å². The second kappa shape index (κ2) is 7.18. The molecule has 2 heteroatoms. The molecule has 3 rings (SSSR count). The maximum Gasteiger partial charge on any atom is 0.356 e. The molecule has 0 unspecified atom stereocenters. The summed E-state index contributed by atoms with van der Waals surface area (Å²) in [6.07, 6.45) is 0. The standard InChI is InChI=1S/C28H40N2/c1-15-14-16(2)26(21(7)17(15)3)29-24(10)25(11)30(28(29,12)13)27-22(8)19(5)18(4)20(6)23(27)9/h14H,1-13H3/q+2. The van der Waals surface area contributed by atoms with Crippen LogP contribution in [0, 0.1) is 62.3 Å². The Kier molecular flexibility index (Phi) is 5.38. The van der Waals surface area contributed by atoms with Gasteiger partial charge in [-0.05, 0) is 96.2 Å². The molecular weight excluding hydrogens is 364 g/mol. The van der Waals surface area contributed by atoms with Crippen molar-refractivity contribution < 1.29 is 9.15 Å². The van der Waals surface area contributed by atoms with Gasteiger partial charge in [0.05, 0.1) is 13.8 Å². The quantitative estimate of drug-likeness (QED) is 0.470. The van der Waals surface area contributed by atoms with Crippen molar-refractivity contribution in [1.29, 1.82) is 0 Å². The van der Waals surface area contributed by atoms with Gasteiger partial charge in [0.15, 0.2) is 0 Å². The van der Waals surface area contributed by atoms with Gasteiger partial charge in [-0.3, -0.25) is 0 Å². The monoisotopic (exact) mass is 404 g/mol. The second-order valence-electron chi connectivity index (χ2n) is 9.92. The summed E-state index contributed by atoms with van der Waals surface area (Å²) in [4.78, 5) is 0. The van der Waals surface area contributed by atoms with E-state index in [1.807, 2.05) is 0 Å². The second-order valence-corrected chi connectivity index (χ2v) is 9.92. The lowest BCUT2D eigenvalue weighted by Crippen LogP contribution is -2.41. The van der Waals surface area contributed by atoms with Gasteiger partial charge >= 0.3 is 5.66 Å². The molecule has 2 aromatic rings. The van der Waals surface area contributed by atoms with E-state index in [1.54, 1.807) is 0 Å². The molecule has 2 nitrogen and oxygen atoms in total. The minimum atomic E-state index is -0.199. The van der Waals surface area contributed by atoms with Gasteiger partial charge < -0.3 is 0 Å². The van der Waals surface area contributed by atoms with Crippen LogP contribution >= 0.6 is 0 Å². The van der Waals surface area contributed by atoms with E-state index in [2.05, 4.69) is 105 Å². The fourth-order valence-corrected chi connectivity index (χ4v) is 5.56. The van der Waals surface area contributed by atoms with Gasteiger partial charge in [-0.1, -0.05) is 0 Å². The molecule has 2 aromatic carbocycles. The topological polar surface area (TPSA) is 6.02 Å². The van der Waals surface area contributed by atoms with Gasteiger partial charge in [0.1, 0.15) is 0 Å². The molecule has 30 heavy (non-hydrogen) atoms. The van der Waals surface area contributed by atoms with Crippen LogP contribution in [0.5, 0.6) is 0 Å². The van der Waals surface area contributed by atoms with Crippen LogP contribution in [0.4, 0.5) is 11.4 Å². The Hall–Kier alpha value is -2.22. The lowest BCUT2D eigenvalue weighted by molar-refractivity contribution is -0.741. The SMILES string of the molecule is CC1=[N+](c2c(C)cc(C)c(C)c2C)C(C)(C)[N+](c2c(C)c(C)c(C)c(C)c2C)=C1C. The number of aryl methyl sites for hydroxylation is 2. The van der Waals surface area contributed by atoms with Gasteiger partial charge in [0, 0.05) is 36.1 Å². The van der Waals surface area contributed by atoms with Gasteiger partial charge in [0.25, 0.3) is 11.4 Å². The summed E-state index contributed by atoms with van der Waals surface area (Å²) in [5.41, 5.74) is 17.7. The first-order valence-corrected chi connectivity index (χ1v) is 11.2. The van der Waals surface area contributed by atoms with E-state index in [-0.39, 0.29) is 5.66 Å². The highest BCUT2D eigenvalue weighted by atomic mass is 15.3. The molecule has 1 heterocycles. The summed E-state index contributed by atoms with van der Waals surface area (Å²) in [5.74, 6) is 0. The average molecular weight is 405 g/mol. The van der Waals surface area contributed by atoms with Gasteiger partial charge in [-0.2, -0.15) is 0 Å². The third kappa shape index (κ3) is 2.91. The van der Waals surface area contributed by atoms with Gasteiger partial charge in [-0.25, -0.2) is 0 Å². The molecule has 0 N–H and O–H groups in total. The van der Waals surface area contributed by atoms with E-state index in [9.17, 15) is 0 Å². The fourth-order valence-electron chi connectivity index (χ4n) is 5.56. The first-order valence-electron chi connectivity index (χ1n) is 11.2. The Labute approximate surface area is 184 Å². The van der Waals surface area contributed by atoms with Crippen LogP contribution in [-0.4, -0.2) is 26.2 Å². The van der Waals surface area contributed by atoms with E-state index in [4.69, 9.17) is 0 Å². The highest BCUT2D eigenvalue weighted by Gasteiger charge is 2.55. The number of nitrogens with zero attached hydrogens (tertiary/aromatic N) is 2. The zero-order valence-electron chi connectivity index (χ0n) is 21.5. The van der Waals surface area contributed by atoms with Crippen molar-refractivity contribution in [2.75, 3.05) is 0 Å². The highest BCUT2D eigenvalue weighted by molar-refractivity contribution is 6.37. The number of hydrogen-bond donors (Lipinski definition) is 0. The van der Waals surface area contributed by atoms with Crippen molar-refractivity contribution in [3.63, 3.8) is 0 Å². The molecule has 0 aromatic heterocycles. The van der Waals surface area contributed by atoms with Crippen LogP contribution < -0.4 is 0 Å². The Morgan fingerprint density at radius 3 is 1.30 bits per heavy atom. The van der Waals surface area contributed by atoms with Crippen LogP contribution in [0.15, 0.2) is 6.07 Å². The molecule has 0 bridgehead atoms. The van der Waals surface area contributed by atoms with E-state index in [0.29, 0.717) is 0 Å². The molecule has 0 aliphatic carbocycles. The molecule has 0 spiro atoms. The third-order valence-corrected chi connectivity index (χ3v) is 8.01. The Bertz CT molecular complexity index is 1130. The molecule has 160 valence electrons. The van der Waals surface area contributed by atoms with Crippen molar-refractivity contribution in [1.82, 2.24) is 0 Å². The van der Waals surface area contributed by atoms with E-state index < -0.39 is 0 Å². The van der Waals surface area contributed by atoms with Crippen LogP contribution in [0.3, 0.4) is 0 Å². The van der Waals surface area contributed by atoms with Crippen molar-refractivity contribution in [2.24, 2.45) is 0 Å². The zero-order valence-corrected chi connectivity index (χ0v) is 21.5. The first kappa shape index (κ1) is 22.5. The normalized spacial score (nSPS) is 16.2. The fraction of sp³-hybridized carbons (Fsp3) is 0.500. The van der Waals surface area contributed by atoms with Crippen molar-refractivity contribution >= 4 is 22.8 Å². The number of rotatable bonds is 2. The zero-order chi connectivity index (χ0) is 22.9. The molecule has 0 fully saturated rings. The largest absolute Gasteiger partial charge is 0.356 e. The van der Waals surface area contributed by atoms with E-state index >= 15 is 0 Å². The summed E-state index contributed by atoms with van der Waals surface area (Å²) in [6.45, 7) is 29.7. The van der Waals surface area contributed by atoms with E-state index in [0.717, 1.165) is 0 Å². The lowest BCUT2D eigenvalue weighted by Gasteiger charge is -2.23. The van der Waals surface area contributed by atoms with Crippen LogP contribution in [0.1, 0.15) is 77.8 Å². The summed E-state index contributed by atoms with van der Waals surface area (Å²) >= 11 is 0. The average Bonchev–Trinajstić information content (AvgIpc) is 2.84. The number of hydrogen-bond acceptors (Lipinski definition) is 0. The molecule has 0 saturated carbocycles. The van der Waals surface area contributed by atoms with Crippen molar-refractivity contribution in [2.45, 2.75) is 95.7 Å². The van der Waals surface area contributed by atoms with Crippen LogP contribution in [0.2, 0.25) is 0 Å².